The molecule has 0 aromatic heterocycles. The van der Waals surface area contributed by atoms with Crippen LogP contribution in [0.3, 0.4) is 0 Å². The fourth-order valence-electron chi connectivity index (χ4n) is 0.888. The molecule has 3 heteroatoms. The van der Waals surface area contributed by atoms with E-state index in [0.717, 1.165) is 12.8 Å². The van der Waals surface area contributed by atoms with Crippen LogP contribution in [-0.2, 0) is 9.53 Å². The molecule has 1 N–H and O–H groups in total. The summed E-state index contributed by atoms with van der Waals surface area (Å²) < 4.78 is 5.11. The van der Waals surface area contributed by atoms with Gasteiger partial charge in [-0.25, -0.2) is 4.79 Å². The van der Waals surface area contributed by atoms with Crippen molar-refractivity contribution >= 4 is 5.97 Å². The van der Waals surface area contributed by atoms with Gasteiger partial charge in [0.25, 0.3) is 0 Å². The second-order valence-electron chi connectivity index (χ2n) is 2.83. The van der Waals surface area contributed by atoms with Crippen molar-refractivity contribution in [3.05, 3.63) is 12.2 Å². The molecule has 0 saturated carbocycles. The third-order valence-electron chi connectivity index (χ3n) is 1.66. The maximum absolute atomic E-state index is 10.5. The molecule has 0 aromatic rings. The van der Waals surface area contributed by atoms with Crippen molar-refractivity contribution in [2.45, 2.75) is 39.2 Å². The fraction of sp³-hybridized carbons (Fsp3) is 0.700. The Morgan fingerprint density at radius 3 is 2.62 bits per heavy atom. The lowest BCUT2D eigenvalue weighted by Gasteiger charge is -2.08. The van der Waals surface area contributed by atoms with Gasteiger partial charge in [-0.3, -0.25) is 0 Å². The van der Waals surface area contributed by atoms with E-state index in [1.165, 1.54) is 0 Å². The van der Waals surface area contributed by atoms with Crippen molar-refractivity contribution in [2.24, 2.45) is 0 Å². The molecule has 0 aliphatic heterocycles. The minimum atomic E-state index is -0.883. The number of rotatable bonds is 7. The smallest absolute Gasteiger partial charge is 0.332 e. The van der Waals surface area contributed by atoms with E-state index in [9.17, 15) is 4.79 Å². The molecule has 0 aliphatic rings. The predicted octanol–water partition coefficient (Wildman–Crippen LogP) is 2.22. The Hall–Kier alpha value is -0.830. The van der Waals surface area contributed by atoms with Gasteiger partial charge in [0.1, 0.15) is 0 Å². The third-order valence-corrected chi connectivity index (χ3v) is 1.66. The number of carboxylic acid groups (broad SMARTS) is 1. The van der Waals surface area contributed by atoms with Crippen LogP contribution in [0, 0.1) is 0 Å². The minimum Gasteiger partial charge on any atom is -0.479 e. The summed E-state index contributed by atoms with van der Waals surface area (Å²) >= 11 is 0. The molecule has 1 atom stereocenters. The summed E-state index contributed by atoms with van der Waals surface area (Å²) in [4.78, 5) is 10.5. The van der Waals surface area contributed by atoms with Crippen molar-refractivity contribution < 1.29 is 14.6 Å². The van der Waals surface area contributed by atoms with Crippen LogP contribution in [0.15, 0.2) is 12.2 Å². The number of unbranched alkanes of at least 4 members (excludes halogenated alkanes) is 1. The number of carbonyl (C=O) groups is 1. The zero-order valence-corrected chi connectivity index (χ0v) is 8.32. The van der Waals surface area contributed by atoms with E-state index in [-0.39, 0.29) is 0 Å². The molecule has 3 nitrogen and oxygen atoms in total. The van der Waals surface area contributed by atoms with Gasteiger partial charge in [0.15, 0.2) is 6.10 Å². The van der Waals surface area contributed by atoms with Gasteiger partial charge in [-0.15, -0.1) is 0 Å². The predicted molar refractivity (Wildman–Crippen MR) is 51.7 cm³/mol. The van der Waals surface area contributed by atoms with Gasteiger partial charge in [-0.2, -0.15) is 0 Å². The summed E-state index contributed by atoms with van der Waals surface area (Å²) in [6.45, 7) is 4.29. The minimum absolute atomic E-state index is 0.394. The molecule has 0 amide bonds. The molecule has 0 aromatic carbocycles. The second kappa shape index (κ2) is 7.80. The molecule has 0 spiro atoms. The lowest BCUT2D eigenvalue weighted by Crippen LogP contribution is -2.22. The third kappa shape index (κ3) is 6.34. The average Bonchev–Trinajstić information content (AvgIpc) is 2.10. The van der Waals surface area contributed by atoms with E-state index in [4.69, 9.17) is 9.84 Å². The summed E-state index contributed by atoms with van der Waals surface area (Å²) in [5.41, 5.74) is 0. The molecule has 0 bridgehead atoms. The number of carboxylic acids is 1. The maximum atomic E-state index is 10.5. The van der Waals surface area contributed by atoms with Crippen molar-refractivity contribution in [3.63, 3.8) is 0 Å². The topological polar surface area (TPSA) is 46.5 Å². The number of ether oxygens (including phenoxy) is 1. The lowest BCUT2D eigenvalue weighted by molar-refractivity contribution is -0.149. The monoisotopic (exact) mass is 186 g/mol. The fourth-order valence-corrected chi connectivity index (χ4v) is 0.888. The Morgan fingerprint density at radius 1 is 1.46 bits per heavy atom. The van der Waals surface area contributed by atoms with Gasteiger partial charge in [0.2, 0.25) is 0 Å². The van der Waals surface area contributed by atoms with Gasteiger partial charge in [-0.1, -0.05) is 32.4 Å². The molecule has 0 saturated heterocycles. The van der Waals surface area contributed by atoms with E-state index >= 15 is 0 Å². The van der Waals surface area contributed by atoms with Crippen molar-refractivity contribution in [3.8, 4) is 0 Å². The molecular formula is C10H18O3. The van der Waals surface area contributed by atoms with Crippen LogP contribution in [-0.4, -0.2) is 23.8 Å². The molecule has 0 aliphatic carbocycles. The first-order valence-corrected chi connectivity index (χ1v) is 4.71. The van der Waals surface area contributed by atoms with Gasteiger partial charge < -0.3 is 9.84 Å². The van der Waals surface area contributed by atoms with Crippen LogP contribution in [0.1, 0.15) is 33.1 Å². The summed E-state index contributed by atoms with van der Waals surface area (Å²) in [5.74, 6) is -0.883. The Bertz CT molecular complexity index is 164. The lowest BCUT2D eigenvalue weighted by atomic mass is 10.3. The molecule has 1 unspecified atom stereocenters. The van der Waals surface area contributed by atoms with Crippen LogP contribution < -0.4 is 0 Å². The molecular weight excluding hydrogens is 168 g/mol. The normalized spacial score (nSPS) is 13.4. The number of aliphatic carboxylic acids is 1. The first-order chi connectivity index (χ1) is 6.22. The van der Waals surface area contributed by atoms with E-state index in [0.29, 0.717) is 13.0 Å². The van der Waals surface area contributed by atoms with E-state index < -0.39 is 12.1 Å². The zero-order chi connectivity index (χ0) is 10.1. The maximum Gasteiger partial charge on any atom is 0.332 e. The van der Waals surface area contributed by atoms with E-state index in [1.54, 1.807) is 6.92 Å². The second-order valence-corrected chi connectivity index (χ2v) is 2.83. The summed E-state index contributed by atoms with van der Waals surface area (Å²) in [6, 6.07) is 0. The van der Waals surface area contributed by atoms with E-state index in [2.05, 4.69) is 6.92 Å². The Labute approximate surface area is 79.4 Å². The molecule has 0 rings (SSSR count). The first-order valence-electron chi connectivity index (χ1n) is 4.71. The Balaban J connectivity index is 3.55. The van der Waals surface area contributed by atoms with Crippen LogP contribution in [0.25, 0.3) is 0 Å². The number of hydrogen-bond acceptors (Lipinski definition) is 2. The highest BCUT2D eigenvalue weighted by atomic mass is 16.5. The summed E-state index contributed by atoms with van der Waals surface area (Å²) in [5, 5.41) is 8.63. The molecule has 0 heterocycles. The highest BCUT2D eigenvalue weighted by Crippen LogP contribution is 1.98. The van der Waals surface area contributed by atoms with Gasteiger partial charge in [0, 0.05) is 0 Å². The largest absolute Gasteiger partial charge is 0.479 e. The summed E-state index contributed by atoms with van der Waals surface area (Å²) in [6.07, 6.45) is 5.85. The van der Waals surface area contributed by atoms with Crippen molar-refractivity contribution in [1.29, 1.82) is 0 Å². The van der Waals surface area contributed by atoms with Crippen LogP contribution >= 0.6 is 0 Å². The highest BCUT2D eigenvalue weighted by molar-refractivity contribution is 5.72. The molecule has 13 heavy (non-hydrogen) atoms. The van der Waals surface area contributed by atoms with E-state index in [1.807, 2.05) is 12.2 Å². The Morgan fingerprint density at radius 2 is 2.15 bits per heavy atom. The first kappa shape index (κ1) is 12.2. The van der Waals surface area contributed by atoms with Gasteiger partial charge in [0.05, 0.1) is 6.61 Å². The standard InChI is InChI=1S/C10H18O3/c1-3-5-6-7-8-13-9(4-2)10(11)12/h6-7,9H,3-5,8H2,1-2H3,(H,11,12)/b7-6+. The molecule has 0 radical (unpaired) electrons. The number of hydrogen-bond donors (Lipinski definition) is 1. The molecule has 0 fully saturated rings. The summed E-state index contributed by atoms with van der Waals surface area (Å²) in [7, 11) is 0. The SMILES string of the molecule is CCC/C=C/COC(CC)C(=O)O. The molecule has 76 valence electrons. The highest BCUT2D eigenvalue weighted by Gasteiger charge is 2.13. The van der Waals surface area contributed by atoms with Crippen molar-refractivity contribution in [2.75, 3.05) is 6.61 Å². The van der Waals surface area contributed by atoms with Crippen LogP contribution in [0.5, 0.6) is 0 Å². The van der Waals surface area contributed by atoms with Crippen LogP contribution in [0.2, 0.25) is 0 Å². The zero-order valence-electron chi connectivity index (χ0n) is 8.32. The van der Waals surface area contributed by atoms with Crippen LogP contribution in [0.4, 0.5) is 0 Å². The quantitative estimate of drug-likeness (QED) is 0.620. The Kier molecular flexibility index (Phi) is 7.30. The van der Waals surface area contributed by atoms with Gasteiger partial charge >= 0.3 is 5.97 Å². The average molecular weight is 186 g/mol. The van der Waals surface area contributed by atoms with Crippen molar-refractivity contribution in [1.82, 2.24) is 0 Å². The number of allylic oxidation sites excluding steroid dienone is 1. The van der Waals surface area contributed by atoms with Gasteiger partial charge in [-0.05, 0) is 12.8 Å².